The molecule has 0 radical (unpaired) electrons. The second-order valence-corrected chi connectivity index (χ2v) is 7.65. The zero-order valence-corrected chi connectivity index (χ0v) is 17.5. The minimum absolute atomic E-state index is 0.00538. The van der Waals surface area contributed by atoms with Crippen LogP contribution < -0.4 is 4.90 Å². The van der Waals surface area contributed by atoms with Crippen molar-refractivity contribution >= 4 is 24.0 Å². The minimum Gasteiger partial charge on any atom is -0.483 e. The van der Waals surface area contributed by atoms with Crippen molar-refractivity contribution in [3.8, 4) is 11.4 Å². The van der Waals surface area contributed by atoms with Crippen LogP contribution >= 0.6 is 0 Å². The number of amides is 2. The Morgan fingerprint density at radius 3 is 2.41 bits per heavy atom. The highest BCUT2D eigenvalue weighted by atomic mass is 16.3. The van der Waals surface area contributed by atoms with Crippen molar-refractivity contribution in [2.24, 2.45) is 0 Å². The van der Waals surface area contributed by atoms with Gasteiger partial charge in [-0.25, -0.2) is 4.98 Å². The molecule has 164 valence electrons. The molecule has 1 aromatic heterocycles. The lowest BCUT2D eigenvalue weighted by atomic mass is 10.1. The number of hydrogen-bond donors (Lipinski definition) is 2. The first kappa shape index (κ1) is 21.3. The number of hydrogen-bond acceptors (Lipinski definition) is 4. The molecule has 0 spiro atoms. The Hall–Kier alpha value is -3.94. The van der Waals surface area contributed by atoms with Crippen LogP contribution in [0.3, 0.4) is 0 Å². The van der Waals surface area contributed by atoms with Crippen molar-refractivity contribution in [1.82, 2.24) is 14.9 Å². The van der Waals surface area contributed by atoms with E-state index in [4.69, 9.17) is 14.9 Å². The molecule has 8 heteroatoms. The molecule has 0 aliphatic carbocycles. The van der Waals surface area contributed by atoms with Crippen LogP contribution in [0.1, 0.15) is 34.6 Å². The van der Waals surface area contributed by atoms with Gasteiger partial charge in [0.2, 0.25) is 5.91 Å². The number of rotatable bonds is 3. The molecule has 5 rings (SSSR count). The SMILES string of the molecule is O=C(c1ccc(N2CCCC2=O)cc1)N1CCc2nc(-c3ccccc3)[nH]c2C1.O=CO. The number of nitrogens with one attached hydrogen (secondary N) is 1. The summed E-state index contributed by atoms with van der Waals surface area (Å²) >= 11 is 0. The first-order valence-corrected chi connectivity index (χ1v) is 10.5. The van der Waals surface area contributed by atoms with E-state index >= 15 is 0 Å². The first-order chi connectivity index (χ1) is 15.6. The maximum Gasteiger partial charge on any atom is 0.290 e. The van der Waals surface area contributed by atoms with Crippen LogP contribution in [0.2, 0.25) is 0 Å². The lowest BCUT2D eigenvalue weighted by Crippen LogP contribution is -2.36. The van der Waals surface area contributed by atoms with Crippen LogP contribution in [0.4, 0.5) is 5.69 Å². The molecule has 2 aliphatic heterocycles. The number of anilines is 1. The van der Waals surface area contributed by atoms with E-state index in [1.54, 1.807) is 4.90 Å². The maximum atomic E-state index is 13.0. The molecule has 0 bridgehead atoms. The van der Waals surface area contributed by atoms with Crippen molar-refractivity contribution in [2.75, 3.05) is 18.0 Å². The molecule has 3 aromatic rings. The number of imidazole rings is 1. The standard InChI is InChI=1S/C23H22N4O2.CH2O2/c28-21-7-4-13-27(21)18-10-8-17(9-11-18)23(29)26-14-12-19-20(15-26)25-22(24-19)16-5-2-1-3-6-16;2-1-3/h1-3,5-6,8-11H,4,7,12-15H2,(H,24,25);1H,(H,2,3). The Kier molecular flexibility index (Phi) is 6.30. The summed E-state index contributed by atoms with van der Waals surface area (Å²) in [7, 11) is 0. The summed E-state index contributed by atoms with van der Waals surface area (Å²) in [6.45, 7) is 1.68. The fourth-order valence-electron chi connectivity index (χ4n) is 4.09. The summed E-state index contributed by atoms with van der Waals surface area (Å²) in [6.07, 6.45) is 2.24. The number of aromatic nitrogens is 2. The van der Waals surface area contributed by atoms with Gasteiger partial charge in [0.1, 0.15) is 5.82 Å². The van der Waals surface area contributed by atoms with E-state index in [0.717, 1.165) is 47.8 Å². The van der Waals surface area contributed by atoms with Crippen molar-refractivity contribution in [3.63, 3.8) is 0 Å². The van der Waals surface area contributed by atoms with Crippen molar-refractivity contribution in [3.05, 3.63) is 71.5 Å². The number of carbonyl (C=O) groups is 3. The number of aromatic amines is 1. The molecule has 2 N–H and O–H groups in total. The predicted octanol–water partition coefficient (Wildman–Crippen LogP) is 3.10. The lowest BCUT2D eigenvalue weighted by Gasteiger charge is -2.26. The third-order valence-electron chi connectivity index (χ3n) is 5.67. The number of H-pyrrole nitrogens is 1. The van der Waals surface area contributed by atoms with E-state index in [1.807, 2.05) is 59.5 Å². The zero-order valence-electron chi connectivity index (χ0n) is 17.5. The predicted molar refractivity (Wildman–Crippen MR) is 119 cm³/mol. The van der Waals surface area contributed by atoms with Crippen molar-refractivity contribution < 1.29 is 19.5 Å². The molecule has 0 saturated carbocycles. The third kappa shape index (κ3) is 4.39. The van der Waals surface area contributed by atoms with E-state index in [9.17, 15) is 9.59 Å². The van der Waals surface area contributed by atoms with Gasteiger partial charge in [0.05, 0.1) is 17.9 Å². The summed E-state index contributed by atoms with van der Waals surface area (Å²) in [6, 6.07) is 17.4. The second-order valence-electron chi connectivity index (χ2n) is 7.65. The molecule has 3 heterocycles. The van der Waals surface area contributed by atoms with Gasteiger partial charge in [-0.1, -0.05) is 30.3 Å². The van der Waals surface area contributed by atoms with Crippen molar-refractivity contribution in [1.29, 1.82) is 0 Å². The van der Waals surface area contributed by atoms with E-state index < -0.39 is 0 Å². The molecule has 2 amide bonds. The molecule has 1 saturated heterocycles. The Morgan fingerprint density at radius 2 is 1.75 bits per heavy atom. The van der Waals surface area contributed by atoms with Crippen LogP contribution in [-0.2, 0) is 22.6 Å². The lowest BCUT2D eigenvalue weighted by molar-refractivity contribution is -0.123. The van der Waals surface area contributed by atoms with Gasteiger partial charge in [-0.15, -0.1) is 0 Å². The van der Waals surface area contributed by atoms with Crippen LogP contribution in [0.25, 0.3) is 11.4 Å². The smallest absolute Gasteiger partial charge is 0.290 e. The molecule has 8 nitrogen and oxygen atoms in total. The largest absolute Gasteiger partial charge is 0.483 e. The highest BCUT2D eigenvalue weighted by Crippen LogP contribution is 2.25. The van der Waals surface area contributed by atoms with Gasteiger partial charge in [-0.3, -0.25) is 14.4 Å². The first-order valence-electron chi connectivity index (χ1n) is 10.5. The van der Waals surface area contributed by atoms with E-state index in [0.29, 0.717) is 25.1 Å². The molecular weight excluding hydrogens is 408 g/mol. The molecule has 2 aliphatic rings. The Labute approximate surface area is 185 Å². The van der Waals surface area contributed by atoms with E-state index in [2.05, 4.69) is 4.98 Å². The third-order valence-corrected chi connectivity index (χ3v) is 5.67. The molecule has 32 heavy (non-hydrogen) atoms. The summed E-state index contributed by atoms with van der Waals surface area (Å²) in [4.78, 5) is 45.0. The summed E-state index contributed by atoms with van der Waals surface area (Å²) < 4.78 is 0. The average Bonchev–Trinajstić information content (AvgIpc) is 3.45. The van der Waals surface area contributed by atoms with Crippen LogP contribution in [0, 0.1) is 0 Å². The number of carboxylic acid groups (broad SMARTS) is 1. The van der Waals surface area contributed by atoms with Gasteiger partial charge in [0.25, 0.3) is 12.4 Å². The van der Waals surface area contributed by atoms with Gasteiger partial charge >= 0.3 is 0 Å². The van der Waals surface area contributed by atoms with Gasteiger partial charge in [-0.05, 0) is 30.7 Å². The molecule has 0 atom stereocenters. The van der Waals surface area contributed by atoms with Gasteiger partial charge in [-0.2, -0.15) is 0 Å². The number of benzene rings is 2. The van der Waals surface area contributed by atoms with Crippen LogP contribution in [0.15, 0.2) is 54.6 Å². The maximum absolute atomic E-state index is 13.0. The molecule has 1 fully saturated rings. The Bertz CT molecular complexity index is 1110. The minimum atomic E-state index is -0.250. The topological polar surface area (TPSA) is 107 Å². The molecule has 2 aromatic carbocycles. The molecule has 0 unspecified atom stereocenters. The van der Waals surface area contributed by atoms with Crippen LogP contribution in [0.5, 0.6) is 0 Å². The van der Waals surface area contributed by atoms with E-state index in [-0.39, 0.29) is 18.3 Å². The van der Waals surface area contributed by atoms with Crippen LogP contribution in [-0.4, -0.2) is 51.4 Å². The number of carbonyl (C=O) groups excluding carboxylic acids is 2. The number of nitrogens with zero attached hydrogens (tertiary/aromatic N) is 3. The van der Waals surface area contributed by atoms with Crippen molar-refractivity contribution in [2.45, 2.75) is 25.8 Å². The highest BCUT2D eigenvalue weighted by molar-refractivity contribution is 5.97. The van der Waals surface area contributed by atoms with Gasteiger partial charge in [0, 0.05) is 42.7 Å². The van der Waals surface area contributed by atoms with E-state index in [1.165, 1.54) is 0 Å². The summed E-state index contributed by atoms with van der Waals surface area (Å²) in [5.41, 5.74) is 4.60. The highest BCUT2D eigenvalue weighted by Gasteiger charge is 2.26. The summed E-state index contributed by atoms with van der Waals surface area (Å²) in [5, 5.41) is 6.89. The molecular formula is C24H24N4O4. The Balaban J connectivity index is 0.000000775. The fraction of sp³-hybridized carbons (Fsp3) is 0.250. The normalized spacial score (nSPS) is 15.1. The average molecular weight is 432 g/mol. The van der Waals surface area contributed by atoms with Gasteiger partial charge in [0.15, 0.2) is 0 Å². The quantitative estimate of drug-likeness (QED) is 0.619. The van der Waals surface area contributed by atoms with Gasteiger partial charge < -0.3 is 19.9 Å². The number of fused-ring (bicyclic) bond motifs is 1. The Morgan fingerprint density at radius 1 is 1.03 bits per heavy atom. The fourth-order valence-corrected chi connectivity index (χ4v) is 4.09. The second kappa shape index (κ2) is 9.47. The monoisotopic (exact) mass is 432 g/mol. The zero-order chi connectivity index (χ0) is 22.5. The summed E-state index contributed by atoms with van der Waals surface area (Å²) in [5.74, 6) is 1.01.